The van der Waals surface area contributed by atoms with E-state index in [2.05, 4.69) is 18.3 Å². The molecule has 0 radical (unpaired) electrons. The van der Waals surface area contributed by atoms with Gasteiger partial charge >= 0.3 is 0 Å². The summed E-state index contributed by atoms with van der Waals surface area (Å²) in [5.74, 6) is 0.782. The Balaban J connectivity index is 2.26. The molecule has 1 heterocycles. The molecule has 1 aromatic rings. The highest BCUT2D eigenvalue weighted by atomic mass is 19.1. The van der Waals surface area contributed by atoms with Crippen LogP contribution in [0.2, 0.25) is 0 Å². The van der Waals surface area contributed by atoms with Gasteiger partial charge in [0.2, 0.25) is 0 Å². The summed E-state index contributed by atoms with van der Waals surface area (Å²) in [5.41, 5.74) is 2.05. The third-order valence-electron chi connectivity index (χ3n) is 3.16. The Morgan fingerprint density at radius 3 is 2.89 bits per heavy atom. The lowest BCUT2D eigenvalue weighted by Crippen LogP contribution is -2.25. The first kappa shape index (κ1) is 13.1. The van der Waals surface area contributed by atoms with Crippen LogP contribution >= 0.6 is 0 Å². The normalized spacial score (nSPS) is 16.3. The summed E-state index contributed by atoms with van der Waals surface area (Å²) in [6.07, 6.45) is 4.14. The van der Waals surface area contributed by atoms with Crippen molar-refractivity contribution in [2.45, 2.75) is 32.7 Å². The van der Waals surface area contributed by atoms with Crippen molar-refractivity contribution >= 4 is 0 Å². The van der Waals surface area contributed by atoms with Crippen molar-refractivity contribution in [3.05, 3.63) is 47.0 Å². The lowest BCUT2D eigenvalue weighted by molar-refractivity contribution is 0.215. The molecular formula is C15H20FNO. The van der Waals surface area contributed by atoms with Crippen LogP contribution in [-0.2, 0) is 4.74 Å². The molecule has 98 valence electrons. The second-order valence-corrected chi connectivity index (χ2v) is 4.63. The summed E-state index contributed by atoms with van der Waals surface area (Å²) in [7, 11) is 0. The number of ether oxygens (including phenoxy) is 1. The van der Waals surface area contributed by atoms with E-state index < -0.39 is 0 Å². The standard InChI is InChI=1S/C15H20FNO/c1-3-8-17-15(14-5-4-9-18-14)13-7-6-12(16)10-11(13)2/h5-7,10,15,17H,3-4,8-9H2,1-2H3. The molecule has 18 heavy (non-hydrogen) atoms. The van der Waals surface area contributed by atoms with Crippen LogP contribution in [0, 0.1) is 12.7 Å². The van der Waals surface area contributed by atoms with Crippen LogP contribution in [0.25, 0.3) is 0 Å². The zero-order chi connectivity index (χ0) is 13.0. The smallest absolute Gasteiger partial charge is 0.123 e. The van der Waals surface area contributed by atoms with Crippen LogP contribution in [0.5, 0.6) is 0 Å². The molecule has 1 aliphatic heterocycles. The van der Waals surface area contributed by atoms with Crippen LogP contribution in [0.3, 0.4) is 0 Å². The van der Waals surface area contributed by atoms with Gasteiger partial charge < -0.3 is 10.1 Å². The Kier molecular flexibility index (Phi) is 4.37. The molecule has 1 aromatic carbocycles. The summed E-state index contributed by atoms with van der Waals surface area (Å²) in [6.45, 7) is 5.74. The van der Waals surface area contributed by atoms with Crippen molar-refractivity contribution < 1.29 is 9.13 Å². The number of hydrogen-bond donors (Lipinski definition) is 1. The predicted molar refractivity (Wildman–Crippen MR) is 70.8 cm³/mol. The zero-order valence-corrected chi connectivity index (χ0v) is 11.0. The van der Waals surface area contributed by atoms with E-state index in [1.54, 1.807) is 6.07 Å². The molecule has 0 saturated carbocycles. The maximum Gasteiger partial charge on any atom is 0.123 e. The Labute approximate surface area is 108 Å². The Morgan fingerprint density at radius 1 is 1.44 bits per heavy atom. The number of nitrogens with one attached hydrogen (secondary N) is 1. The molecule has 0 aromatic heterocycles. The summed E-state index contributed by atoms with van der Waals surface area (Å²) in [6, 6.07) is 4.98. The molecule has 3 heteroatoms. The van der Waals surface area contributed by atoms with Crippen molar-refractivity contribution in [2.75, 3.05) is 13.2 Å². The van der Waals surface area contributed by atoms with Crippen LogP contribution < -0.4 is 5.32 Å². The van der Waals surface area contributed by atoms with E-state index in [0.29, 0.717) is 0 Å². The van der Waals surface area contributed by atoms with Gasteiger partial charge in [-0.05, 0) is 49.2 Å². The summed E-state index contributed by atoms with van der Waals surface area (Å²) < 4.78 is 18.8. The van der Waals surface area contributed by atoms with Gasteiger partial charge in [-0.15, -0.1) is 0 Å². The molecule has 0 fully saturated rings. The maximum absolute atomic E-state index is 13.2. The first-order valence-corrected chi connectivity index (χ1v) is 6.54. The second-order valence-electron chi connectivity index (χ2n) is 4.63. The minimum Gasteiger partial charge on any atom is -0.496 e. The van der Waals surface area contributed by atoms with Crippen molar-refractivity contribution in [1.29, 1.82) is 0 Å². The molecule has 0 saturated heterocycles. The fraction of sp³-hybridized carbons (Fsp3) is 0.467. The minimum atomic E-state index is -0.188. The highest BCUT2D eigenvalue weighted by Gasteiger charge is 2.21. The van der Waals surface area contributed by atoms with E-state index in [-0.39, 0.29) is 11.9 Å². The fourth-order valence-electron chi connectivity index (χ4n) is 2.25. The molecular weight excluding hydrogens is 229 g/mol. The SMILES string of the molecule is CCCNC(C1=CCCO1)c1ccc(F)cc1C. The molecule has 1 unspecified atom stereocenters. The van der Waals surface area contributed by atoms with Crippen LogP contribution in [0.1, 0.15) is 36.9 Å². The zero-order valence-electron chi connectivity index (χ0n) is 11.0. The van der Waals surface area contributed by atoms with Gasteiger partial charge in [-0.1, -0.05) is 13.0 Å². The first-order chi connectivity index (χ1) is 8.72. The van der Waals surface area contributed by atoms with Crippen LogP contribution in [0.15, 0.2) is 30.0 Å². The largest absolute Gasteiger partial charge is 0.496 e. The van der Waals surface area contributed by atoms with E-state index in [9.17, 15) is 4.39 Å². The second kappa shape index (κ2) is 6.01. The highest BCUT2D eigenvalue weighted by molar-refractivity contribution is 5.34. The van der Waals surface area contributed by atoms with Gasteiger partial charge in [0.25, 0.3) is 0 Å². The molecule has 2 rings (SSSR count). The summed E-state index contributed by atoms with van der Waals surface area (Å²) >= 11 is 0. The van der Waals surface area contributed by atoms with Gasteiger partial charge in [-0.25, -0.2) is 4.39 Å². The predicted octanol–water partition coefficient (Wildman–Crippen LogP) is 3.48. The molecule has 1 aliphatic rings. The van der Waals surface area contributed by atoms with E-state index in [0.717, 1.165) is 42.9 Å². The molecule has 2 nitrogen and oxygen atoms in total. The highest BCUT2D eigenvalue weighted by Crippen LogP contribution is 2.29. The third kappa shape index (κ3) is 2.91. The first-order valence-electron chi connectivity index (χ1n) is 6.54. The van der Waals surface area contributed by atoms with Crippen molar-refractivity contribution in [1.82, 2.24) is 5.32 Å². The molecule has 0 aliphatic carbocycles. The molecule has 0 amide bonds. The van der Waals surface area contributed by atoms with Gasteiger partial charge in [0.1, 0.15) is 11.6 Å². The number of benzene rings is 1. The van der Waals surface area contributed by atoms with Gasteiger partial charge in [-0.2, -0.15) is 0 Å². The van der Waals surface area contributed by atoms with Crippen molar-refractivity contribution in [3.8, 4) is 0 Å². The van der Waals surface area contributed by atoms with E-state index in [1.165, 1.54) is 6.07 Å². The average Bonchev–Trinajstić information content (AvgIpc) is 2.85. The quantitative estimate of drug-likeness (QED) is 0.862. The Bertz CT molecular complexity index is 442. The van der Waals surface area contributed by atoms with Gasteiger partial charge in [0, 0.05) is 6.42 Å². The van der Waals surface area contributed by atoms with E-state index in [1.807, 2.05) is 13.0 Å². The third-order valence-corrected chi connectivity index (χ3v) is 3.16. The lowest BCUT2D eigenvalue weighted by atomic mass is 9.99. The number of rotatable bonds is 5. The number of halogens is 1. The van der Waals surface area contributed by atoms with E-state index in [4.69, 9.17) is 4.74 Å². The monoisotopic (exact) mass is 249 g/mol. The van der Waals surface area contributed by atoms with Crippen molar-refractivity contribution in [3.63, 3.8) is 0 Å². The topological polar surface area (TPSA) is 21.3 Å². The van der Waals surface area contributed by atoms with Crippen LogP contribution in [0.4, 0.5) is 4.39 Å². The number of aryl methyl sites for hydroxylation is 1. The average molecular weight is 249 g/mol. The Hall–Kier alpha value is -1.35. The molecule has 1 N–H and O–H groups in total. The molecule has 0 bridgehead atoms. The van der Waals surface area contributed by atoms with Gasteiger partial charge in [0.05, 0.1) is 12.6 Å². The fourth-order valence-corrected chi connectivity index (χ4v) is 2.25. The maximum atomic E-state index is 13.2. The molecule has 0 spiro atoms. The van der Waals surface area contributed by atoms with Crippen LogP contribution in [-0.4, -0.2) is 13.2 Å². The lowest BCUT2D eigenvalue weighted by Gasteiger charge is -2.22. The van der Waals surface area contributed by atoms with Crippen molar-refractivity contribution in [2.24, 2.45) is 0 Å². The van der Waals surface area contributed by atoms with E-state index >= 15 is 0 Å². The Morgan fingerprint density at radius 2 is 2.28 bits per heavy atom. The number of hydrogen-bond acceptors (Lipinski definition) is 2. The summed E-state index contributed by atoms with van der Waals surface area (Å²) in [5, 5.41) is 3.47. The summed E-state index contributed by atoms with van der Waals surface area (Å²) in [4.78, 5) is 0. The van der Waals surface area contributed by atoms with Gasteiger partial charge in [-0.3, -0.25) is 0 Å². The van der Waals surface area contributed by atoms with Gasteiger partial charge in [0.15, 0.2) is 0 Å². The minimum absolute atomic E-state index is 0.0491. The molecule has 1 atom stereocenters.